The number of esters is 2. The second-order valence-electron chi connectivity index (χ2n) is 9.51. The van der Waals surface area contributed by atoms with Gasteiger partial charge in [0.2, 0.25) is 0 Å². The summed E-state index contributed by atoms with van der Waals surface area (Å²) in [4.78, 5) is 24.7. The fourth-order valence-electron chi connectivity index (χ4n) is 4.15. The third-order valence-electron chi connectivity index (χ3n) is 6.29. The molecule has 7 nitrogen and oxygen atoms in total. The van der Waals surface area contributed by atoms with Crippen molar-refractivity contribution in [2.75, 3.05) is 13.2 Å². The van der Waals surface area contributed by atoms with Gasteiger partial charge in [0.05, 0.1) is 29.2 Å². The third kappa shape index (κ3) is 17.6. The van der Waals surface area contributed by atoms with E-state index < -0.39 is 32.5 Å². The summed E-state index contributed by atoms with van der Waals surface area (Å²) in [5.41, 5.74) is -0.817. The molecule has 0 heterocycles. The van der Waals surface area contributed by atoms with Crippen LogP contribution in [0.1, 0.15) is 123 Å². The van der Waals surface area contributed by atoms with E-state index in [1.807, 2.05) is 12.2 Å². The maximum atomic E-state index is 12.8. The fourth-order valence-corrected chi connectivity index (χ4v) is 4.84. The molecule has 1 aromatic rings. The molecule has 0 spiro atoms. The zero-order chi connectivity index (χ0) is 28.1. The molecule has 0 aliphatic rings. The Hall–Kier alpha value is -0.814. The number of carbonyl (C=O) groups is 2. The van der Waals surface area contributed by atoms with Crippen LogP contribution in [0.2, 0.25) is 0 Å². The van der Waals surface area contributed by atoms with E-state index in [2.05, 4.69) is 13.2 Å². The molecule has 39 heavy (non-hydrogen) atoms. The maximum absolute atomic E-state index is 12.8. The average molecular weight is 589 g/mol. The van der Waals surface area contributed by atoms with Crippen molar-refractivity contribution in [3.63, 3.8) is 0 Å². The molecular weight excluding hydrogens is 543 g/mol. The molecule has 0 atom stereocenters. The molecule has 0 aliphatic heterocycles. The van der Waals surface area contributed by atoms with Crippen LogP contribution in [0.25, 0.3) is 0 Å². The van der Waals surface area contributed by atoms with E-state index >= 15 is 0 Å². The van der Waals surface area contributed by atoms with Crippen LogP contribution in [0, 0.1) is 0 Å². The first-order valence-electron chi connectivity index (χ1n) is 14.0. The van der Waals surface area contributed by atoms with E-state index in [4.69, 9.17) is 9.47 Å². The van der Waals surface area contributed by atoms with Crippen LogP contribution in [-0.2, 0) is 19.6 Å². The van der Waals surface area contributed by atoms with E-state index in [9.17, 15) is 22.6 Å². The predicted octanol–water partition coefficient (Wildman–Crippen LogP) is 4.52. The molecule has 214 valence electrons. The van der Waals surface area contributed by atoms with Crippen LogP contribution in [-0.4, -0.2) is 38.1 Å². The summed E-state index contributed by atoms with van der Waals surface area (Å²) in [6.45, 7) is 7.65. The number of ether oxygens (including phenoxy) is 2. The molecule has 0 N–H and O–H groups in total. The minimum absolute atomic E-state index is 0. The quantitative estimate of drug-likeness (QED) is 0.0608. The third-order valence-corrected chi connectivity index (χ3v) is 7.17. The summed E-state index contributed by atoms with van der Waals surface area (Å²) in [6, 6.07) is 3.54. The molecule has 1 aromatic carbocycles. The van der Waals surface area contributed by atoms with E-state index in [0.717, 1.165) is 89.5 Å². The summed E-state index contributed by atoms with van der Waals surface area (Å²) in [6.07, 6.45) is 20.1. The molecule has 0 aromatic heterocycles. The minimum atomic E-state index is -5.00. The fraction of sp³-hybridized carbons (Fsp3) is 0.600. The van der Waals surface area contributed by atoms with Gasteiger partial charge in [-0.1, -0.05) is 82.4 Å². The van der Waals surface area contributed by atoms with Crippen molar-refractivity contribution in [3.8, 4) is 0 Å². The Balaban J connectivity index is 0.0000144. The summed E-state index contributed by atoms with van der Waals surface area (Å²) in [7, 11) is -5.00. The van der Waals surface area contributed by atoms with Crippen LogP contribution >= 0.6 is 0 Å². The second kappa shape index (κ2) is 23.8. The van der Waals surface area contributed by atoms with Gasteiger partial charge < -0.3 is 14.0 Å². The van der Waals surface area contributed by atoms with Gasteiger partial charge in [-0.05, 0) is 50.7 Å². The molecule has 0 bridgehead atoms. The van der Waals surface area contributed by atoms with E-state index in [1.54, 1.807) is 0 Å². The van der Waals surface area contributed by atoms with E-state index in [1.165, 1.54) is 18.6 Å². The van der Waals surface area contributed by atoms with Crippen LogP contribution in [0.5, 0.6) is 0 Å². The van der Waals surface area contributed by atoms with Crippen LogP contribution in [0.3, 0.4) is 0 Å². The molecule has 0 aliphatic carbocycles. The standard InChI is InChI=1S/C30H46O7S.K/c1-3-5-7-9-11-13-15-17-19-24-36-29(31)26-22-21-23-27(38(33,34)35)28(26)30(32)37-25-20-18-16-14-12-10-8-6-4-2;/h3-4,21-23H,1-2,5-20,24-25H2,(H,33,34,35);/q;+1/p-1. The molecule has 0 radical (unpaired) electrons. The summed E-state index contributed by atoms with van der Waals surface area (Å²) < 4.78 is 45.9. The largest absolute Gasteiger partial charge is 1.00 e. The van der Waals surface area contributed by atoms with Crippen molar-refractivity contribution in [1.29, 1.82) is 0 Å². The number of unbranched alkanes of at least 4 members (excludes halogenated alkanes) is 14. The van der Waals surface area contributed by atoms with Gasteiger partial charge in [-0.25, -0.2) is 18.0 Å². The molecule has 0 saturated heterocycles. The Kier molecular flexibility index (Phi) is 23.4. The molecule has 9 heteroatoms. The van der Waals surface area contributed by atoms with Gasteiger partial charge in [0, 0.05) is 0 Å². The smallest absolute Gasteiger partial charge is 0.744 e. The second-order valence-corrected chi connectivity index (χ2v) is 10.9. The average Bonchev–Trinajstić information content (AvgIpc) is 2.89. The summed E-state index contributed by atoms with van der Waals surface area (Å²) in [5, 5.41) is 0. The predicted molar refractivity (Wildman–Crippen MR) is 149 cm³/mol. The zero-order valence-electron chi connectivity index (χ0n) is 23.8. The zero-order valence-corrected chi connectivity index (χ0v) is 27.7. The molecule has 0 unspecified atom stereocenters. The van der Waals surface area contributed by atoms with Gasteiger partial charge in [-0.2, -0.15) is 0 Å². The van der Waals surface area contributed by atoms with Crippen molar-refractivity contribution < 1.29 is 83.4 Å². The van der Waals surface area contributed by atoms with Gasteiger partial charge in [0.15, 0.2) is 0 Å². The van der Waals surface area contributed by atoms with Crippen molar-refractivity contribution >= 4 is 22.1 Å². The number of carbonyl (C=O) groups excluding carboxylic acids is 2. The van der Waals surface area contributed by atoms with Gasteiger partial charge >= 0.3 is 63.3 Å². The molecule has 0 amide bonds. The molecular formula is C30H45KO7S. The number of hydrogen-bond donors (Lipinski definition) is 0. The van der Waals surface area contributed by atoms with E-state index in [-0.39, 0.29) is 70.2 Å². The van der Waals surface area contributed by atoms with Crippen LogP contribution in [0.15, 0.2) is 48.4 Å². The molecule has 0 fully saturated rings. The van der Waals surface area contributed by atoms with Gasteiger partial charge in [0.1, 0.15) is 10.1 Å². The van der Waals surface area contributed by atoms with Crippen molar-refractivity contribution in [3.05, 3.63) is 54.6 Å². The van der Waals surface area contributed by atoms with Crippen molar-refractivity contribution in [2.24, 2.45) is 0 Å². The normalized spacial score (nSPS) is 10.9. The van der Waals surface area contributed by atoms with Gasteiger partial charge in [-0.3, -0.25) is 0 Å². The molecule has 0 saturated carbocycles. The number of rotatable bonds is 23. The Morgan fingerprint density at radius 3 is 1.54 bits per heavy atom. The monoisotopic (exact) mass is 588 g/mol. The van der Waals surface area contributed by atoms with E-state index in [0.29, 0.717) is 12.8 Å². The number of allylic oxidation sites excluding steroid dienone is 2. The maximum Gasteiger partial charge on any atom is 1.00 e. The first-order valence-corrected chi connectivity index (χ1v) is 15.4. The Morgan fingerprint density at radius 1 is 0.692 bits per heavy atom. The molecule has 1 rings (SSSR count). The van der Waals surface area contributed by atoms with Gasteiger partial charge in [0.25, 0.3) is 0 Å². The van der Waals surface area contributed by atoms with Crippen LogP contribution < -0.4 is 51.4 Å². The number of hydrogen-bond acceptors (Lipinski definition) is 7. The summed E-state index contributed by atoms with van der Waals surface area (Å²) in [5.74, 6) is -1.85. The van der Waals surface area contributed by atoms with Crippen molar-refractivity contribution in [1.82, 2.24) is 0 Å². The van der Waals surface area contributed by atoms with Gasteiger partial charge in [-0.15, -0.1) is 13.2 Å². The first-order chi connectivity index (χ1) is 18.3. The number of benzene rings is 1. The topological polar surface area (TPSA) is 110 Å². The van der Waals surface area contributed by atoms with Crippen molar-refractivity contribution in [2.45, 2.75) is 108 Å². The minimum Gasteiger partial charge on any atom is -0.744 e. The van der Waals surface area contributed by atoms with Crippen LogP contribution in [0.4, 0.5) is 0 Å². The SMILES string of the molecule is C=CCCCCCCCCCOC(=O)c1cccc(S(=O)(=O)[O-])c1C(=O)OCCCCCCCCCC=C.[K+]. The Morgan fingerprint density at radius 2 is 1.10 bits per heavy atom. The summed E-state index contributed by atoms with van der Waals surface area (Å²) >= 11 is 0. The first kappa shape index (κ1) is 38.2. The Bertz CT molecular complexity index is 960. The Labute approximate surface area is 278 Å².